The second kappa shape index (κ2) is 8.03. The summed E-state index contributed by atoms with van der Waals surface area (Å²) in [7, 11) is 1.54. The smallest absolute Gasteiger partial charge is 0.188 e. The molecule has 0 aromatic carbocycles. The average molecular weight is 283 g/mol. The Hall–Kier alpha value is -0.320. The van der Waals surface area contributed by atoms with Gasteiger partial charge in [-0.15, -0.1) is 0 Å². The number of ether oxygens (including phenoxy) is 2. The summed E-state index contributed by atoms with van der Waals surface area (Å²) in [5, 5.41) is 0.329. The van der Waals surface area contributed by atoms with E-state index in [2.05, 4.69) is 20.9 Å². The number of halogens is 2. The highest BCUT2D eigenvalue weighted by Gasteiger charge is 2.02. The molecule has 0 unspecified atom stereocenters. The molecule has 0 saturated carbocycles. The van der Waals surface area contributed by atoms with Crippen molar-refractivity contribution in [3.05, 3.63) is 21.9 Å². The fourth-order valence-corrected chi connectivity index (χ4v) is 1.10. The summed E-state index contributed by atoms with van der Waals surface area (Å²) in [5.74, 6) is 0.507. The highest BCUT2D eigenvalue weighted by molar-refractivity contribution is 9.10. The van der Waals surface area contributed by atoms with Crippen molar-refractivity contribution in [3.8, 4) is 5.75 Å². The Morgan fingerprint density at radius 1 is 1.50 bits per heavy atom. The van der Waals surface area contributed by atoms with Gasteiger partial charge in [-0.05, 0) is 22.0 Å². The van der Waals surface area contributed by atoms with E-state index in [9.17, 15) is 0 Å². The topological polar surface area (TPSA) is 31.4 Å². The van der Waals surface area contributed by atoms with E-state index >= 15 is 0 Å². The average Bonchev–Trinajstić information content (AvgIpc) is 2.22. The third kappa shape index (κ3) is 4.79. The molecule has 80 valence electrons. The van der Waals surface area contributed by atoms with Crippen molar-refractivity contribution in [3.63, 3.8) is 0 Å². The van der Waals surface area contributed by atoms with Gasteiger partial charge in [0.2, 0.25) is 0 Å². The van der Waals surface area contributed by atoms with Crippen LogP contribution in [-0.4, -0.2) is 18.9 Å². The van der Waals surface area contributed by atoms with E-state index in [4.69, 9.17) is 21.1 Å². The maximum atomic E-state index is 5.72. The summed E-state index contributed by atoms with van der Waals surface area (Å²) in [6.07, 6.45) is 1.60. The first kappa shape index (κ1) is 13.7. The van der Waals surface area contributed by atoms with Crippen LogP contribution in [0.15, 0.2) is 16.7 Å². The predicted molar refractivity (Wildman–Crippen MR) is 60.8 cm³/mol. The lowest BCUT2D eigenvalue weighted by Crippen LogP contribution is -1.99. The van der Waals surface area contributed by atoms with Crippen LogP contribution in [0.4, 0.5) is 0 Å². The lowest BCUT2D eigenvalue weighted by Gasteiger charge is -2.05. The summed E-state index contributed by atoms with van der Waals surface area (Å²) in [6.45, 7) is 4.16. The molecular weight excluding hydrogens is 269 g/mol. The summed E-state index contributed by atoms with van der Waals surface area (Å²) < 4.78 is 10.7. The SMILES string of the molecule is CC.COCOc1cc(Br)cnc1Cl. The van der Waals surface area contributed by atoms with Crippen LogP contribution in [0, 0.1) is 0 Å². The first-order valence-corrected chi connectivity index (χ1v) is 5.34. The minimum atomic E-state index is 0.165. The van der Waals surface area contributed by atoms with Crippen LogP contribution >= 0.6 is 27.5 Å². The van der Waals surface area contributed by atoms with Gasteiger partial charge < -0.3 is 9.47 Å². The third-order valence-corrected chi connectivity index (χ3v) is 1.82. The Kier molecular flexibility index (Phi) is 7.84. The van der Waals surface area contributed by atoms with E-state index < -0.39 is 0 Å². The summed E-state index contributed by atoms with van der Waals surface area (Å²) in [6, 6.07) is 1.73. The minimum absolute atomic E-state index is 0.165. The molecule has 0 radical (unpaired) electrons. The first-order chi connectivity index (χ1) is 6.74. The maximum absolute atomic E-state index is 5.72. The highest BCUT2D eigenvalue weighted by Crippen LogP contribution is 2.24. The lowest BCUT2D eigenvalue weighted by atomic mass is 10.5. The van der Waals surface area contributed by atoms with Crippen molar-refractivity contribution >= 4 is 27.5 Å². The number of hydrogen-bond acceptors (Lipinski definition) is 3. The number of hydrogen-bond donors (Lipinski definition) is 0. The molecule has 14 heavy (non-hydrogen) atoms. The zero-order chi connectivity index (χ0) is 11.0. The Morgan fingerprint density at radius 2 is 2.14 bits per heavy atom. The van der Waals surface area contributed by atoms with Crippen molar-refractivity contribution in [1.29, 1.82) is 0 Å². The fraction of sp³-hybridized carbons (Fsp3) is 0.444. The molecule has 0 bridgehead atoms. The van der Waals surface area contributed by atoms with Gasteiger partial charge in [-0.25, -0.2) is 4.98 Å². The van der Waals surface area contributed by atoms with Crippen LogP contribution in [0.2, 0.25) is 5.15 Å². The van der Waals surface area contributed by atoms with E-state index in [1.807, 2.05) is 13.8 Å². The molecule has 1 rings (SSSR count). The Morgan fingerprint density at radius 3 is 2.71 bits per heavy atom. The lowest BCUT2D eigenvalue weighted by molar-refractivity contribution is 0.0509. The van der Waals surface area contributed by atoms with Crippen LogP contribution in [0.1, 0.15) is 13.8 Å². The van der Waals surface area contributed by atoms with Gasteiger partial charge in [-0.1, -0.05) is 25.4 Å². The second-order valence-electron chi connectivity index (χ2n) is 1.99. The molecule has 0 atom stereocenters. The third-order valence-electron chi connectivity index (χ3n) is 1.11. The van der Waals surface area contributed by atoms with Crippen LogP contribution < -0.4 is 4.74 Å². The monoisotopic (exact) mass is 281 g/mol. The quantitative estimate of drug-likeness (QED) is 0.628. The zero-order valence-electron chi connectivity index (χ0n) is 8.38. The molecule has 0 N–H and O–H groups in total. The Balaban J connectivity index is 0.000000791. The predicted octanol–water partition coefficient (Wildman–Crippen LogP) is 3.51. The van der Waals surface area contributed by atoms with Crippen molar-refractivity contribution in [2.24, 2.45) is 0 Å². The van der Waals surface area contributed by atoms with Gasteiger partial charge in [0.25, 0.3) is 0 Å². The molecule has 0 saturated heterocycles. The van der Waals surface area contributed by atoms with Gasteiger partial charge in [0.15, 0.2) is 17.7 Å². The van der Waals surface area contributed by atoms with Gasteiger partial charge in [0, 0.05) is 17.8 Å². The van der Waals surface area contributed by atoms with Gasteiger partial charge >= 0.3 is 0 Å². The first-order valence-electron chi connectivity index (χ1n) is 4.17. The summed E-state index contributed by atoms with van der Waals surface area (Å²) in [5.41, 5.74) is 0. The van der Waals surface area contributed by atoms with Crippen molar-refractivity contribution < 1.29 is 9.47 Å². The van der Waals surface area contributed by atoms with Crippen LogP contribution in [0.3, 0.4) is 0 Å². The standard InChI is InChI=1S/C7H7BrClNO2.C2H6/c1-11-4-12-6-2-5(8)3-10-7(6)9;1-2/h2-3H,4H2,1H3;1-2H3. The van der Waals surface area contributed by atoms with Gasteiger partial charge in [-0.3, -0.25) is 0 Å². The summed E-state index contributed by atoms with van der Waals surface area (Å²) >= 11 is 8.97. The molecule has 3 nitrogen and oxygen atoms in total. The zero-order valence-corrected chi connectivity index (χ0v) is 10.7. The number of methoxy groups -OCH3 is 1. The van der Waals surface area contributed by atoms with Gasteiger partial charge in [0.05, 0.1) is 0 Å². The van der Waals surface area contributed by atoms with E-state index in [1.165, 1.54) is 0 Å². The fourth-order valence-electron chi connectivity index (χ4n) is 0.628. The molecule has 1 aromatic rings. The molecule has 0 aliphatic heterocycles. The number of rotatable bonds is 3. The van der Waals surface area contributed by atoms with Crippen LogP contribution in [0.5, 0.6) is 5.75 Å². The van der Waals surface area contributed by atoms with Crippen LogP contribution in [0.25, 0.3) is 0 Å². The second-order valence-corrected chi connectivity index (χ2v) is 3.27. The molecule has 0 fully saturated rings. The van der Waals surface area contributed by atoms with E-state index in [0.717, 1.165) is 4.47 Å². The van der Waals surface area contributed by atoms with Gasteiger partial charge in [-0.2, -0.15) is 0 Å². The number of pyridine rings is 1. The molecule has 1 heterocycles. The molecule has 0 spiro atoms. The Labute approximate surface area is 97.5 Å². The van der Waals surface area contributed by atoms with E-state index in [0.29, 0.717) is 10.9 Å². The number of aromatic nitrogens is 1. The van der Waals surface area contributed by atoms with Gasteiger partial charge in [0.1, 0.15) is 0 Å². The molecule has 0 amide bonds. The molecule has 5 heteroatoms. The highest BCUT2D eigenvalue weighted by atomic mass is 79.9. The summed E-state index contributed by atoms with van der Waals surface area (Å²) in [4.78, 5) is 3.87. The molecule has 1 aromatic heterocycles. The van der Waals surface area contributed by atoms with Crippen LogP contribution in [-0.2, 0) is 4.74 Å². The minimum Gasteiger partial charge on any atom is -0.464 e. The Bertz CT molecular complexity index is 271. The number of nitrogens with zero attached hydrogens (tertiary/aromatic N) is 1. The van der Waals surface area contributed by atoms with E-state index in [1.54, 1.807) is 19.4 Å². The van der Waals surface area contributed by atoms with Crippen molar-refractivity contribution in [1.82, 2.24) is 4.98 Å². The van der Waals surface area contributed by atoms with E-state index in [-0.39, 0.29) is 6.79 Å². The van der Waals surface area contributed by atoms with Crippen molar-refractivity contribution in [2.75, 3.05) is 13.9 Å². The van der Waals surface area contributed by atoms with Crippen molar-refractivity contribution in [2.45, 2.75) is 13.8 Å². The maximum Gasteiger partial charge on any atom is 0.188 e. The normalized spacial score (nSPS) is 8.93. The molecule has 0 aliphatic rings. The largest absolute Gasteiger partial charge is 0.464 e. The molecular formula is C9H13BrClNO2. The molecule has 0 aliphatic carbocycles.